The van der Waals surface area contributed by atoms with Crippen LogP contribution in [-0.4, -0.2) is 23.9 Å². The third-order valence-corrected chi connectivity index (χ3v) is 7.11. The van der Waals surface area contributed by atoms with E-state index in [4.69, 9.17) is 9.47 Å². The zero-order valence-corrected chi connectivity index (χ0v) is 18.0. The van der Waals surface area contributed by atoms with E-state index in [-0.39, 0.29) is 22.3 Å². The molecule has 0 unspecified atom stereocenters. The highest BCUT2D eigenvalue weighted by atomic mass is 16.6. The van der Waals surface area contributed by atoms with Crippen LogP contribution in [-0.2, 0) is 14.9 Å². The van der Waals surface area contributed by atoms with Gasteiger partial charge in [-0.25, -0.2) is 19.2 Å². The summed E-state index contributed by atoms with van der Waals surface area (Å²) in [5, 5.41) is 0. The molecule has 2 heterocycles. The highest BCUT2D eigenvalue weighted by molar-refractivity contribution is 6.15. The zero-order chi connectivity index (χ0) is 23.9. The third kappa shape index (κ3) is 2.38. The van der Waals surface area contributed by atoms with E-state index in [0.717, 1.165) is 33.4 Å². The summed E-state index contributed by atoms with van der Waals surface area (Å²) in [7, 11) is 0. The molecule has 6 nitrogen and oxygen atoms in total. The maximum atomic E-state index is 12.5. The predicted octanol–water partition coefficient (Wildman–Crippen LogP) is 4.67. The lowest BCUT2D eigenvalue weighted by Crippen LogP contribution is -2.29. The van der Waals surface area contributed by atoms with E-state index in [9.17, 15) is 19.2 Å². The van der Waals surface area contributed by atoms with E-state index in [2.05, 4.69) is 0 Å². The summed E-state index contributed by atoms with van der Waals surface area (Å²) < 4.78 is 9.67. The highest BCUT2D eigenvalue weighted by Crippen LogP contribution is 2.56. The second-order valence-electron chi connectivity index (χ2n) is 8.72. The van der Waals surface area contributed by atoms with Gasteiger partial charge < -0.3 is 9.47 Å². The Hall–Kier alpha value is -4.84. The lowest BCUT2D eigenvalue weighted by atomic mass is 9.67. The standard InChI is InChI=1S/C29H14O6/c30-25-19-11-9-15(13-21(19)27(32)34-25)29(16-10-12-20-22(14-16)28(33)35-26(20)31)23-7-3-1-5-17(23)18-6-2-4-8-24(18)29/h1-14H. The second-order valence-corrected chi connectivity index (χ2v) is 8.72. The van der Waals surface area contributed by atoms with Crippen LogP contribution in [0.1, 0.15) is 63.7 Å². The minimum Gasteiger partial charge on any atom is -0.386 e. The molecule has 0 aromatic heterocycles. The van der Waals surface area contributed by atoms with Crippen molar-refractivity contribution in [1.29, 1.82) is 0 Å². The topological polar surface area (TPSA) is 86.7 Å². The number of cyclic esters (lactones) is 4. The third-order valence-electron chi connectivity index (χ3n) is 7.11. The first-order valence-electron chi connectivity index (χ1n) is 11.0. The van der Waals surface area contributed by atoms with E-state index in [1.807, 2.05) is 60.7 Å². The minimum absolute atomic E-state index is 0.199. The number of rotatable bonds is 2. The fourth-order valence-electron chi connectivity index (χ4n) is 5.66. The van der Waals surface area contributed by atoms with Crippen LogP contribution < -0.4 is 0 Å². The molecule has 166 valence electrons. The van der Waals surface area contributed by atoms with Crippen LogP contribution in [0.2, 0.25) is 0 Å². The molecule has 7 rings (SSSR count). The van der Waals surface area contributed by atoms with E-state index in [0.29, 0.717) is 0 Å². The smallest absolute Gasteiger partial charge is 0.346 e. The molecule has 0 bridgehead atoms. The van der Waals surface area contributed by atoms with Crippen LogP contribution in [0, 0.1) is 0 Å². The van der Waals surface area contributed by atoms with Gasteiger partial charge in [0.05, 0.1) is 27.7 Å². The molecule has 4 aromatic carbocycles. The van der Waals surface area contributed by atoms with E-state index in [1.54, 1.807) is 24.3 Å². The van der Waals surface area contributed by atoms with Gasteiger partial charge in [-0.3, -0.25) is 0 Å². The quantitative estimate of drug-likeness (QED) is 0.282. The molecule has 3 aliphatic rings. The first-order valence-corrected chi connectivity index (χ1v) is 11.0. The highest BCUT2D eigenvalue weighted by Gasteiger charge is 2.48. The Morgan fingerprint density at radius 1 is 0.429 bits per heavy atom. The van der Waals surface area contributed by atoms with Gasteiger partial charge in [-0.15, -0.1) is 0 Å². The fourth-order valence-corrected chi connectivity index (χ4v) is 5.66. The molecule has 0 saturated carbocycles. The molecule has 4 aromatic rings. The van der Waals surface area contributed by atoms with Crippen LogP contribution in [0.5, 0.6) is 0 Å². The second kappa shape index (κ2) is 6.61. The van der Waals surface area contributed by atoms with Crippen molar-refractivity contribution in [1.82, 2.24) is 0 Å². The Kier molecular flexibility index (Phi) is 3.70. The number of hydrogen-bond donors (Lipinski definition) is 0. The summed E-state index contributed by atoms with van der Waals surface area (Å²) in [5.41, 5.74) is 5.32. The molecule has 0 spiro atoms. The lowest BCUT2D eigenvalue weighted by Gasteiger charge is -2.34. The number of benzene rings is 4. The maximum Gasteiger partial charge on any atom is 0.346 e. The Bertz CT molecular complexity index is 1550. The summed E-state index contributed by atoms with van der Waals surface area (Å²) in [6, 6.07) is 26.1. The Morgan fingerprint density at radius 2 is 0.829 bits per heavy atom. The van der Waals surface area contributed by atoms with Crippen molar-refractivity contribution >= 4 is 23.9 Å². The van der Waals surface area contributed by atoms with Gasteiger partial charge in [0.2, 0.25) is 0 Å². The zero-order valence-electron chi connectivity index (χ0n) is 18.0. The molecule has 0 N–H and O–H groups in total. The summed E-state index contributed by atoms with van der Waals surface area (Å²) in [6.45, 7) is 0. The SMILES string of the molecule is O=C1OC(=O)c2cc(C3(c4ccc5c(c4)C(=O)OC5=O)c4ccccc4-c4ccccc43)ccc21. The van der Waals surface area contributed by atoms with Crippen molar-refractivity contribution < 1.29 is 28.7 Å². The van der Waals surface area contributed by atoms with Gasteiger partial charge >= 0.3 is 23.9 Å². The minimum atomic E-state index is -0.922. The van der Waals surface area contributed by atoms with Crippen LogP contribution in [0.3, 0.4) is 0 Å². The van der Waals surface area contributed by atoms with Crippen molar-refractivity contribution in [2.75, 3.05) is 0 Å². The molecule has 6 heteroatoms. The molecule has 1 aliphatic carbocycles. The van der Waals surface area contributed by atoms with Gasteiger partial charge in [0.1, 0.15) is 0 Å². The molecular weight excluding hydrogens is 444 g/mol. The Labute approximate surface area is 198 Å². The normalized spacial score (nSPS) is 16.3. The number of carbonyl (C=O) groups is 4. The van der Waals surface area contributed by atoms with Crippen LogP contribution in [0.15, 0.2) is 84.9 Å². The molecule has 0 amide bonds. The van der Waals surface area contributed by atoms with Gasteiger partial charge in [0.25, 0.3) is 0 Å². The average Bonchev–Trinajstić information content (AvgIpc) is 3.46. The number of hydrogen-bond acceptors (Lipinski definition) is 6. The Balaban J connectivity index is 1.61. The molecule has 0 saturated heterocycles. The maximum absolute atomic E-state index is 12.5. The summed E-state index contributed by atoms with van der Waals surface area (Å²) >= 11 is 0. The van der Waals surface area contributed by atoms with Gasteiger partial charge in [-0.05, 0) is 57.6 Å². The number of ether oxygens (including phenoxy) is 2. The largest absolute Gasteiger partial charge is 0.386 e. The molecule has 0 radical (unpaired) electrons. The number of fused-ring (bicyclic) bond motifs is 5. The fraction of sp³-hybridized carbons (Fsp3) is 0.0345. The summed E-state index contributed by atoms with van der Waals surface area (Å²) in [4.78, 5) is 49.2. The van der Waals surface area contributed by atoms with Crippen molar-refractivity contribution in [3.05, 3.63) is 129 Å². The van der Waals surface area contributed by atoms with Gasteiger partial charge in [-0.1, -0.05) is 60.7 Å². The monoisotopic (exact) mass is 458 g/mol. The predicted molar refractivity (Wildman–Crippen MR) is 123 cm³/mol. The molecule has 0 atom stereocenters. The summed E-state index contributed by atoms with van der Waals surface area (Å²) in [6.07, 6.45) is 0. The molecule has 35 heavy (non-hydrogen) atoms. The molecular formula is C29H14O6. The first kappa shape index (κ1) is 19.6. The Morgan fingerprint density at radius 3 is 1.29 bits per heavy atom. The van der Waals surface area contributed by atoms with E-state index < -0.39 is 29.3 Å². The van der Waals surface area contributed by atoms with Crippen molar-refractivity contribution in [3.8, 4) is 11.1 Å². The number of carbonyl (C=O) groups excluding carboxylic acids is 4. The van der Waals surface area contributed by atoms with E-state index in [1.165, 1.54) is 0 Å². The van der Waals surface area contributed by atoms with Crippen LogP contribution in [0.25, 0.3) is 11.1 Å². The van der Waals surface area contributed by atoms with Crippen molar-refractivity contribution in [3.63, 3.8) is 0 Å². The molecule has 0 fully saturated rings. The summed E-state index contributed by atoms with van der Waals surface area (Å²) in [5.74, 6) is -2.72. The number of esters is 4. The van der Waals surface area contributed by atoms with Gasteiger partial charge in [0, 0.05) is 0 Å². The van der Waals surface area contributed by atoms with Crippen LogP contribution >= 0.6 is 0 Å². The van der Waals surface area contributed by atoms with Crippen molar-refractivity contribution in [2.24, 2.45) is 0 Å². The van der Waals surface area contributed by atoms with Crippen molar-refractivity contribution in [2.45, 2.75) is 5.41 Å². The molecule has 2 aliphatic heterocycles. The van der Waals surface area contributed by atoms with Crippen LogP contribution in [0.4, 0.5) is 0 Å². The van der Waals surface area contributed by atoms with E-state index >= 15 is 0 Å². The van der Waals surface area contributed by atoms with Gasteiger partial charge in [0.15, 0.2) is 0 Å². The van der Waals surface area contributed by atoms with Gasteiger partial charge in [-0.2, -0.15) is 0 Å². The first-order chi connectivity index (χ1) is 17.0. The lowest BCUT2D eigenvalue weighted by molar-refractivity contribution is 0.0425. The average molecular weight is 458 g/mol.